The van der Waals surface area contributed by atoms with E-state index < -0.39 is 35.9 Å². The lowest BCUT2D eigenvalue weighted by atomic mass is 10.1. The SMILES string of the molecule is CCOC(=O)c1ncoc1-c1ccc(NC(=O)C2CC(O)CN2C(=O)Nc2ccc(Cl)cc2)c(F)c1. The first-order valence-electron chi connectivity index (χ1n) is 11.0. The van der Waals surface area contributed by atoms with Gasteiger partial charge in [0.15, 0.2) is 17.8 Å². The van der Waals surface area contributed by atoms with Gasteiger partial charge in [-0.05, 0) is 49.4 Å². The van der Waals surface area contributed by atoms with Gasteiger partial charge in [-0.3, -0.25) is 4.79 Å². The number of nitrogens with one attached hydrogen (secondary N) is 2. The minimum atomic E-state index is -1.03. The average molecular weight is 517 g/mol. The van der Waals surface area contributed by atoms with Crippen LogP contribution in [0.4, 0.5) is 20.6 Å². The summed E-state index contributed by atoms with van der Waals surface area (Å²) in [5.74, 6) is -2.16. The van der Waals surface area contributed by atoms with Crippen LogP contribution in [0.15, 0.2) is 53.3 Å². The van der Waals surface area contributed by atoms with Crippen LogP contribution in [0.5, 0.6) is 0 Å². The van der Waals surface area contributed by atoms with Crippen LogP contribution in [0, 0.1) is 5.82 Å². The number of β-amino-alcohol motifs (C(OH)–C–C–N with tert-alkyl or cyclic N) is 1. The molecule has 12 heteroatoms. The van der Waals surface area contributed by atoms with Gasteiger partial charge in [-0.2, -0.15) is 0 Å². The Morgan fingerprint density at radius 3 is 2.67 bits per heavy atom. The van der Waals surface area contributed by atoms with Crippen molar-refractivity contribution in [2.24, 2.45) is 0 Å². The molecule has 36 heavy (non-hydrogen) atoms. The quantitative estimate of drug-likeness (QED) is 0.423. The van der Waals surface area contributed by atoms with Gasteiger partial charge in [-0.25, -0.2) is 19.0 Å². The number of carbonyl (C=O) groups excluding carboxylic acids is 3. The lowest BCUT2D eigenvalue weighted by Gasteiger charge is -2.24. The fourth-order valence-electron chi connectivity index (χ4n) is 3.78. The van der Waals surface area contributed by atoms with Crippen LogP contribution in [0.3, 0.4) is 0 Å². The molecule has 0 bridgehead atoms. The predicted octanol–water partition coefficient (Wildman–Crippen LogP) is 3.92. The topological polar surface area (TPSA) is 134 Å². The molecule has 2 unspecified atom stereocenters. The summed E-state index contributed by atoms with van der Waals surface area (Å²) in [5, 5.41) is 15.7. The van der Waals surface area contributed by atoms with Gasteiger partial charge in [0.2, 0.25) is 5.91 Å². The highest BCUT2D eigenvalue weighted by molar-refractivity contribution is 6.30. The first-order valence-corrected chi connectivity index (χ1v) is 11.4. The highest BCUT2D eigenvalue weighted by Gasteiger charge is 2.39. The van der Waals surface area contributed by atoms with Crippen molar-refractivity contribution in [1.29, 1.82) is 0 Å². The van der Waals surface area contributed by atoms with Crippen molar-refractivity contribution in [2.75, 3.05) is 23.8 Å². The maximum absolute atomic E-state index is 14.9. The third kappa shape index (κ3) is 5.47. The van der Waals surface area contributed by atoms with Crippen molar-refractivity contribution in [3.05, 3.63) is 65.4 Å². The Balaban J connectivity index is 1.47. The zero-order chi connectivity index (χ0) is 25.8. The zero-order valence-electron chi connectivity index (χ0n) is 19.0. The van der Waals surface area contributed by atoms with Crippen molar-refractivity contribution in [1.82, 2.24) is 9.88 Å². The van der Waals surface area contributed by atoms with Crippen molar-refractivity contribution >= 4 is 40.9 Å². The number of halogens is 2. The van der Waals surface area contributed by atoms with E-state index in [-0.39, 0.29) is 42.3 Å². The highest BCUT2D eigenvalue weighted by atomic mass is 35.5. The number of anilines is 2. The van der Waals surface area contributed by atoms with Crippen LogP contribution in [0.1, 0.15) is 23.8 Å². The molecule has 0 radical (unpaired) electrons. The number of esters is 1. The maximum Gasteiger partial charge on any atom is 0.360 e. The number of benzene rings is 2. The predicted molar refractivity (Wildman–Crippen MR) is 128 cm³/mol. The number of oxazole rings is 1. The molecule has 3 N–H and O–H groups in total. The van der Waals surface area contributed by atoms with Gasteiger partial charge in [-0.15, -0.1) is 0 Å². The molecule has 10 nitrogen and oxygen atoms in total. The van der Waals surface area contributed by atoms with E-state index in [1.165, 1.54) is 17.0 Å². The van der Waals surface area contributed by atoms with Gasteiger partial charge in [0.25, 0.3) is 0 Å². The van der Waals surface area contributed by atoms with Gasteiger partial charge in [0.05, 0.1) is 18.4 Å². The van der Waals surface area contributed by atoms with Crippen LogP contribution in [0.2, 0.25) is 5.02 Å². The molecule has 0 aliphatic carbocycles. The number of likely N-dealkylation sites (tertiary alicyclic amines) is 1. The number of urea groups is 1. The number of aliphatic hydroxyl groups excluding tert-OH is 1. The highest BCUT2D eigenvalue weighted by Crippen LogP contribution is 2.28. The molecule has 2 heterocycles. The number of nitrogens with zero attached hydrogens (tertiary/aromatic N) is 2. The van der Waals surface area contributed by atoms with E-state index in [1.54, 1.807) is 31.2 Å². The number of aromatic nitrogens is 1. The van der Waals surface area contributed by atoms with Crippen molar-refractivity contribution in [3.8, 4) is 11.3 Å². The van der Waals surface area contributed by atoms with Crippen molar-refractivity contribution in [3.63, 3.8) is 0 Å². The van der Waals surface area contributed by atoms with Crippen LogP contribution in [-0.4, -0.2) is 58.2 Å². The summed E-state index contributed by atoms with van der Waals surface area (Å²) in [5.41, 5.74) is 0.420. The number of aliphatic hydroxyl groups is 1. The van der Waals surface area contributed by atoms with Gasteiger partial charge >= 0.3 is 12.0 Å². The third-order valence-corrected chi connectivity index (χ3v) is 5.72. The fraction of sp³-hybridized carbons (Fsp3) is 0.250. The number of hydrogen-bond donors (Lipinski definition) is 3. The van der Waals surface area contributed by atoms with Crippen molar-refractivity contribution < 1.29 is 33.0 Å². The van der Waals surface area contributed by atoms with Crippen LogP contribution < -0.4 is 10.6 Å². The third-order valence-electron chi connectivity index (χ3n) is 5.46. The van der Waals surface area contributed by atoms with Crippen LogP contribution >= 0.6 is 11.6 Å². The largest absolute Gasteiger partial charge is 0.461 e. The van der Waals surface area contributed by atoms with Gasteiger partial charge in [0, 0.05) is 29.2 Å². The standard InChI is InChI=1S/C24H22ClFN4O6/c1-2-35-23(33)20-21(36-12-27-20)13-3-8-18(17(26)9-13)29-22(32)19-10-16(31)11-30(19)24(34)28-15-6-4-14(25)5-7-15/h3-9,12,16,19,31H,2,10-11H2,1H3,(H,28,34)(H,29,32). The molecule has 1 saturated heterocycles. The molecule has 0 saturated carbocycles. The molecule has 3 amide bonds. The summed E-state index contributed by atoms with van der Waals surface area (Å²) < 4.78 is 25.0. The summed E-state index contributed by atoms with van der Waals surface area (Å²) in [6, 6.07) is 8.58. The molecule has 2 aromatic carbocycles. The second kappa shape index (κ2) is 10.8. The Labute approximate surface area is 210 Å². The molecule has 1 aromatic heterocycles. The van der Waals surface area contributed by atoms with Crippen molar-refractivity contribution in [2.45, 2.75) is 25.5 Å². The monoisotopic (exact) mass is 516 g/mol. The number of carbonyl (C=O) groups is 3. The Hall–Kier alpha value is -3.96. The average Bonchev–Trinajstić information content (AvgIpc) is 3.49. The lowest BCUT2D eigenvalue weighted by molar-refractivity contribution is -0.119. The molecular weight excluding hydrogens is 495 g/mol. The van der Waals surface area contributed by atoms with E-state index in [0.29, 0.717) is 10.7 Å². The Morgan fingerprint density at radius 1 is 1.22 bits per heavy atom. The molecule has 1 aliphatic rings. The van der Waals surface area contributed by atoms with E-state index in [2.05, 4.69) is 15.6 Å². The summed E-state index contributed by atoms with van der Waals surface area (Å²) >= 11 is 5.85. The summed E-state index contributed by atoms with van der Waals surface area (Å²) in [6.07, 6.45) is 0.113. The normalized spacial score (nSPS) is 17.1. The van der Waals surface area contributed by atoms with Gasteiger partial charge < -0.3 is 29.8 Å². The molecule has 0 spiro atoms. The zero-order valence-corrected chi connectivity index (χ0v) is 19.8. The number of hydrogen-bond acceptors (Lipinski definition) is 7. The lowest BCUT2D eigenvalue weighted by Crippen LogP contribution is -2.45. The minimum Gasteiger partial charge on any atom is -0.461 e. The Morgan fingerprint density at radius 2 is 1.97 bits per heavy atom. The Kier molecular flexibility index (Phi) is 7.51. The molecule has 4 rings (SSSR count). The van der Waals surface area contributed by atoms with E-state index in [1.807, 2.05) is 0 Å². The number of rotatable bonds is 6. The van der Waals surface area contributed by atoms with E-state index in [9.17, 15) is 23.9 Å². The first-order chi connectivity index (χ1) is 17.3. The molecule has 2 atom stereocenters. The van der Waals surface area contributed by atoms with Gasteiger partial charge in [-0.1, -0.05) is 11.6 Å². The number of amides is 3. The Bertz CT molecular complexity index is 1280. The van der Waals surface area contributed by atoms with E-state index in [4.69, 9.17) is 20.8 Å². The van der Waals surface area contributed by atoms with Crippen LogP contribution in [0.25, 0.3) is 11.3 Å². The molecule has 3 aromatic rings. The smallest absolute Gasteiger partial charge is 0.360 e. The second-order valence-electron chi connectivity index (χ2n) is 7.93. The number of ether oxygens (including phenoxy) is 1. The minimum absolute atomic E-state index is 0.0134. The molecular formula is C24H22ClFN4O6. The first kappa shape index (κ1) is 25.1. The molecule has 1 aliphatic heterocycles. The van der Waals surface area contributed by atoms with E-state index >= 15 is 0 Å². The summed E-state index contributed by atoms with van der Waals surface area (Å²) in [7, 11) is 0. The van der Waals surface area contributed by atoms with Gasteiger partial charge in [0.1, 0.15) is 11.9 Å². The summed E-state index contributed by atoms with van der Waals surface area (Å²) in [6.45, 7) is 1.71. The molecule has 1 fully saturated rings. The maximum atomic E-state index is 14.9. The molecule has 188 valence electrons. The van der Waals surface area contributed by atoms with E-state index in [0.717, 1.165) is 12.5 Å². The summed E-state index contributed by atoms with van der Waals surface area (Å²) in [4.78, 5) is 42.7. The fourth-order valence-corrected chi connectivity index (χ4v) is 3.91. The second-order valence-corrected chi connectivity index (χ2v) is 8.37. The van der Waals surface area contributed by atoms with Crippen LogP contribution in [-0.2, 0) is 9.53 Å².